The molecule has 0 aromatic heterocycles. The molecule has 6 heteroatoms. The molecule has 0 aliphatic carbocycles. The molecule has 0 saturated carbocycles. The molecule has 1 aliphatic rings. The number of nitrogens with one attached hydrogen (secondary N) is 1. The third-order valence-electron chi connectivity index (χ3n) is 2.90. The lowest BCUT2D eigenvalue weighted by molar-refractivity contribution is 0.0697. The fraction of sp³-hybridized carbons (Fsp3) is 0.417. The molecule has 1 aromatic carbocycles. The summed E-state index contributed by atoms with van der Waals surface area (Å²) in [5.41, 5.74) is 1.05. The molecule has 98 valence electrons. The average molecular weight is 332 g/mol. The van der Waals surface area contributed by atoms with Gasteiger partial charge in [-0.3, -0.25) is 4.21 Å². The molecule has 0 atom stereocenters. The minimum atomic E-state index is -0.941. The minimum absolute atomic E-state index is 0.256. The predicted molar refractivity (Wildman–Crippen MR) is 75.6 cm³/mol. The summed E-state index contributed by atoms with van der Waals surface area (Å²) < 4.78 is 12.0. The Morgan fingerprint density at radius 3 is 2.61 bits per heavy atom. The molecule has 0 unspecified atom stereocenters. The summed E-state index contributed by atoms with van der Waals surface area (Å²) in [5, 5.41) is 12.3. The van der Waals surface area contributed by atoms with E-state index in [2.05, 4.69) is 21.2 Å². The Morgan fingerprint density at radius 2 is 2.00 bits per heavy atom. The molecule has 1 saturated heterocycles. The molecular formula is C12H14BrNO3S. The van der Waals surface area contributed by atoms with Crippen LogP contribution in [-0.2, 0) is 10.8 Å². The maximum absolute atomic E-state index is 11.3. The Morgan fingerprint density at radius 1 is 1.33 bits per heavy atom. The standard InChI is InChI=1S/C12H14BrNO3S/c13-9-5-8(12(15)16)6-11(7-9)14-10-1-3-18(17)4-2-10/h5-7,10,14H,1-4H2,(H,15,16). The summed E-state index contributed by atoms with van der Waals surface area (Å²) in [6.45, 7) is 0. The van der Waals surface area contributed by atoms with Gasteiger partial charge in [0.1, 0.15) is 0 Å². The van der Waals surface area contributed by atoms with Gasteiger partial charge in [0.2, 0.25) is 0 Å². The van der Waals surface area contributed by atoms with Crippen molar-refractivity contribution in [3.63, 3.8) is 0 Å². The van der Waals surface area contributed by atoms with Crippen LogP contribution in [0.25, 0.3) is 0 Å². The van der Waals surface area contributed by atoms with E-state index in [0.717, 1.165) is 34.5 Å². The number of carbonyl (C=O) groups is 1. The second kappa shape index (κ2) is 5.84. The monoisotopic (exact) mass is 331 g/mol. The Hall–Kier alpha value is -0.880. The maximum atomic E-state index is 11.3. The summed E-state index contributed by atoms with van der Waals surface area (Å²) >= 11 is 3.30. The van der Waals surface area contributed by atoms with Crippen LogP contribution in [0.2, 0.25) is 0 Å². The van der Waals surface area contributed by atoms with Crippen LogP contribution in [0.4, 0.5) is 5.69 Å². The average Bonchev–Trinajstić information content (AvgIpc) is 2.31. The molecule has 0 bridgehead atoms. The number of anilines is 1. The first-order chi connectivity index (χ1) is 8.54. The topological polar surface area (TPSA) is 66.4 Å². The van der Waals surface area contributed by atoms with Crippen LogP contribution in [0, 0.1) is 0 Å². The summed E-state index contributed by atoms with van der Waals surface area (Å²) in [6, 6.07) is 5.33. The van der Waals surface area contributed by atoms with Crippen molar-refractivity contribution in [2.45, 2.75) is 18.9 Å². The first kappa shape index (κ1) is 13.5. The smallest absolute Gasteiger partial charge is 0.335 e. The zero-order chi connectivity index (χ0) is 13.1. The minimum Gasteiger partial charge on any atom is -0.478 e. The summed E-state index contributed by atoms with van der Waals surface area (Å²) in [7, 11) is -0.678. The van der Waals surface area contributed by atoms with Crippen LogP contribution in [0.5, 0.6) is 0 Å². The highest BCUT2D eigenvalue weighted by Gasteiger charge is 2.18. The van der Waals surface area contributed by atoms with Crippen LogP contribution in [0.3, 0.4) is 0 Å². The van der Waals surface area contributed by atoms with E-state index in [4.69, 9.17) is 5.11 Å². The van der Waals surface area contributed by atoms with E-state index in [0.29, 0.717) is 0 Å². The molecule has 0 spiro atoms. The largest absolute Gasteiger partial charge is 0.478 e. The Bertz CT molecular complexity index is 482. The highest BCUT2D eigenvalue weighted by atomic mass is 79.9. The summed E-state index contributed by atoms with van der Waals surface area (Å²) in [6.07, 6.45) is 1.73. The highest BCUT2D eigenvalue weighted by Crippen LogP contribution is 2.22. The highest BCUT2D eigenvalue weighted by molar-refractivity contribution is 9.10. The van der Waals surface area contributed by atoms with E-state index in [-0.39, 0.29) is 11.6 Å². The molecule has 1 fully saturated rings. The second-order valence-electron chi connectivity index (χ2n) is 4.30. The summed E-state index contributed by atoms with van der Waals surface area (Å²) in [4.78, 5) is 11.0. The van der Waals surface area contributed by atoms with Gasteiger partial charge in [0.25, 0.3) is 0 Å². The lowest BCUT2D eigenvalue weighted by Crippen LogP contribution is -2.29. The van der Waals surface area contributed by atoms with Gasteiger partial charge in [-0.1, -0.05) is 15.9 Å². The number of carboxylic acids is 1. The number of rotatable bonds is 3. The molecule has 2 rings (SSSR count). The van der Waals surface area contributed by atoms with Crippen molar-refractivity contribution >= 4 is 38.4 Å². The predicted octanol–water partition coefficient (Wildman–Crippen LogP) is 2.47. The van der Waals surface area contributed by atoms with Crippen molar-refractivity contribution in [3.05, 3.63) is 28.2 Å². The normalized spacial score (nSPS) is 23.6. The third kappa shape index (κ3) is 3.55. The second-order valence-corrected chi connectivity index (χ2v) is 6.91. The van der Waals surface area contributed by atoms with E-state index in [9.17, 15) is 9.00 Å². The van der Waals surface area contributed by atoms with Gasteiger partial charge in [-0.15, -0.1) is 0 Å². The van der Waals surface area contributed by atoms with Gasteiger partial charge < -0.3 is 10.4 Å². The maximum Gasteiger partial charge on any atom is 0.335 e. The van der Waals surface area contributed by atoms with Crippen molar-refractivity contribution < 1.29 is 14.1 Å². The van der Waals surface area contributed by atoms with Crippen molar-refractivity contribution in [1.29, 1.82) is 0 Å². The van der Waals surface area contributed by atoms with Gasteiger partial charge in [0, 0.05) is 38.5 Å². The van der Waals surface area contributed by atoms with Crippen molar-refractivity contribution in [2.24, 2.45) is 0 Å². The number of carboxylic acid groups (broad SMARTS) is 1. The SMILES string of the molecule is O=C(O)c1cc(Br)cc(NC2CCS(=O)CC2)c1. The van der Waals surface area contributed by atoms with Crippen LogP contribution in [0.1, 0.15) is 23.2 Å². The molecule has 18 heavy (non-hydrogen) atoms. The van der Waals surface area contributed by atoms with Gasteiger partial charge in [0.15, 0.2) is 0 Å². The van der Waals surface area contributed by atoms with E-state index in [1.165, 1.54) is 0 Å². The van der Waals surface area contributed by atoms with Gasteiger partial charge in [-0.25, -0.2) is 4.79 Å². The van der Waals surface area contributed by atoms with Crippen molar-refractivity contribution in [3.8, 4) is 0 Å². The van der Waals surface area contributed by atoms with Gasteiger partial charge in [-0.05, 0) is 31.0 Å². The first-order valence-electron chi connectivity index (χ1n) is 5.70. The van der Waals surface area contributed by atoms with Crippen molar-refractivity contribution in [2.75, 3.05) is 16.8 Å². The van der Waals surface area contributed by atoms with Crippen LogP contribution in [0.15, 0.2) is 22.7 Å². The number of aromatic carboxylic acids is 1. The number of benzene rings is 1. The Balaban J connectivity index is 2.09. The quantitative estimate of drug-likeness (QED) is 0.892. The molecule has 0 radical (unpaired) electrons. The first-order valence-corrected chi connectivity index (χ1v) is 7.98. The number of hydrogen-bond acceptors (Lipinski definition) is 3. The van der Waals surface area contributed by atoms with Crippen LogP contribution < -0.4 is 5.32 Å². The molecule has 1 heterocycles. The van der Waals surface area contributed by atoms with Crippen molar-refractivity contribution in [1.82, 2.24) is 0 Å². The molecular weight excluding hydrogens is 318 g/mol. The van der Waals surface area contributed by atoms with Crippen LogP contribution >= 0.6 is 15.9 Å². The molecule has 4 nitrogen and oxygen atoms in total. The fourth-order valence-electron chi connectivity index (χ4n) is 1.97. The lowest BCUT2D eigenvalue weighted by atomic mass is 10.1. The lowest BCUT2D eigenvalue weighted by Gasteiger charge is -2.23. The molecule has 1 aromatic rings. The number of halogens is 1. The molecule has 2 N–H and O–H groups in total. The third-order valence-corrected chi connectivity index (χ3v) is 4.74. The van der Waals surface area contributed by atoms with E-state index >= 15 is 0 Å². The van der Waals surface area contributed by atoms with Gasteiger partial charge in [-0.2, -0.15) is 0 Å². The van der Waals surface area contributed by atoms with E-state index in [1.54, 1.807) is 12.1 Å². The van der Waals surface area contributed by atoms with E-state index in [1.807, 2.05) is 6.07 Å². The molecule has 0 amide bonds. The van der Waals surface area contributed by atoms with Crippen LogP contribution in [-0.4, -0.2) is 32.8 Å². The Kier molecular flexibility index (Phi) is 4.40. The summed E-state index contributed by atoms with van der Waals surface area (Å²) in [5.74, 6) is 0.499. The zero-order valence-electron chi connectivity index (χ0n) is 9.69. The van der Waals surface area contributed by atoms with Gasteiger partial charge in [0.05, 0.1) is 5.56 Å². The van der Waals surface area contributed by atoms with Gasteiger partial charge >= 0.3 is 5.97 Å². The Labute approximate surface area is 116 Å². The van der Waals surface area contributed by atoms with E-state index < -0.39 is 16.8 Å². The number of hydrogen-bond donors (Lipinski definition) is 2. The fourth-order valence-corrected chi connectivity index (χ4v) is 3.76. The molecule has 1 aliphatic heterocycles. The zero-order valence-corrected chi connectivity index (χ0v) is 12.1.